The number of aromatic carboxylic acids is 1. The Morgan fingerprint density at radius 1 is 1.33 bits per heavy atom. The smallest absolute Gasteiger partial charge is 0.374 e. The molecule has 0 unspecified atom stereocenters. The van der Waals surface area contributed by atoms with Gasteiger partial charge in [-0.3, -0.25) is 0 Å². The molecule has 3 rings (SSSR count). The Balaban J connectivity index is 2.18. The van der Waals surface area contributed by atoms with Crippen molar-refractivity contribution in [3.63, 3.8) is 0 Å². The highest BCUT2D eigenvalue weighted by Gasteiger charge is 2.15. The number of fused-ring (bicyclic) bond motifs is 1. The summed E-state index contributed by atoms with van der Waals surface area (Å²) in [6.07, 6.45) is 1.69. The number of aromatic hydroxyl groups is 1. The summed E-state index contributed by atoms with van der Waals surface area (Å²) in [4.78, 5) is 13.7. The third-order valence-electron chi connectivity index (χ3n) is 2.66. The summed E-state index contributed by atoms with van der Waals surface area (Å²) in [5.41, 5.74) is 1.91. The van der Waals surface area contributed by atoms with Gasteiger partial charge in [-0.05, 0) is 18.2 Å². The fourth-order valence-electron chi connectivity index (χ4n) is 1.82. The summed E-state index contributed by atoms with van der Waals surface area (Å²) in [7, 11) is 0. The van der Waals surface area contributed by atoms with E-state index in [1.54, 1.807) is 24.4 Å². The van der Waals surface area contributed by atoms with Gasteiger partial charge in [0, 0.05) is 28.7 Å². The van der Waals surface area contributed by atoms with Crippen LogP contribution in [0.15, 0.2) is 35.0 Å². The highest BCUT2D eigenvalue weighted by Crippen LogP contribution is 2.30. The zero-order valence-electron chi connectivity index (χ0n) is 9.04. The standard InChI is InChI=1S/C12H8N2O4/c15-6-1-2-9-7(3-6)8(5-13-9)10-4-11(12(16)17)18-14-10/h1-5,13,15H,(H,16,17). The number of nitrogens with one attached hydrogen (secondary N) is 1. The van der Waals surface area contributed by atoms with Crippen LogP contribution in [0.25, 0.3) is 22.2 Å². The van der Waals surface area contributed by atoms with Gasteiger partial charge in [-0.1, -0.05) is 5.16 Å². The maximum absolute atomic E-state index is 10.7. The van der Waals surface area contributed by atoms with Crippen molar-refractivity contribution in [3.05, 3.63) is 36.2 Å². The summed E-state index contributed by atoms with van der Waals surface area (Å²) in [5.74, 6) is -1.26. The lowest BCUT2D eigenvalue weighted by molar-refractivity contribution is 0.0652. The molecule has 0 aliphatic heterocycles. The quantitative estimate of drug-likeness (QED) is 0.641. The van der Waals surface area contributed by atoms with Crippen molar-refractivity contribution in [2.24, 2.45) is 0 Å². The van der Waals surface area contributed by atoms with Crippen molar-refractivity contribution in [3.8, 4) is 17.0 Å². The van der Waals surface area contributed by atoms with E-state index < -0.39 is 5.97 Å². The summed E-state index contributed by atoms with van der Waals surface area (Å²) in [6.45, 7) is 0. The molecule has 90 valence electrons. The van der Waals surface area contributed by atoms with Crippen LogP contribution in [0.2, 0.25) is 0 Å². The van der Waals surface area contributed by atoms with Crippen LogP contribution in [0.1, 0.15) is 10.6 Å². The predicted octanol–water partition coefficient (Wildman–Crippen LogP) is 2.23. The van der Waals surface area contributed by atoms with Gasteiger partial charge in [0.15, 0.2) is 0 Å². The van der Waals surface area contributed by atoms with E-state index in [0.29, 0.717) is 11.3 Å². The first-order valence-corrected chi connectivity index (χ1v) is 5.15. The van der Waals surface area contributed by atoms with Crippen molar-refractivity contribution in [2.45, 2.75) is 0 Å². The van der Waals surface area contributed by atoms with E-state index in [4.69, 9.17) is 9.63 Å². The number of aromatic amines is 1. The minimum absolute atomic E-state index is 0.130. The van der Waals surface area contributed by atoms with Crippen LogP contribution in [0.4, 0.5) is 0 Å². The molecule has 0 atom stereocenters. The average Bonchev–Trinajstić information content (AvgIpc) is 2.93. The second kappa shape index (κ2) is 3.63. The lowest BCUT2D eigenvalue weighted by Crippen LogP contribution is -1.91. The number of hydrogen-bond acceptors (Lipinski definition) is 4. The third-order valence-corrected chi connectivity index (χ3v) is 2.66. The number of benzene rings is 1. The Morgan fingerprint density at radius 3 is 2.89 bits per heavy atom. The number of carboxylic acid groups (broad SMARTS) is 1. The topological polar surface area (TPSA) is 99.3 Å². The number of rotatable bonds is 2. The van der Waals surface area contributed by atoms with E-state index in [0.717, 1.165) is 10.9 Å². The van der Waals surface area contributed by atoms with Crippen molar-refractivity contribution in [1.82, 2.24) is 10.1 Å². The molecule has 6 heteroatoms. The number of hydrogen-bond donors (Lipinski definition) is 3. The summed E-state index contributed by atoms with van der Waals surface area (Å²) >= 11 is 0. The normalized spacial score (nSPS) is 10.9. The Morgan fingerprint density at radius 2 is 2.17 bits per heavy atom. The number of carboxylic acids is 1. The van der Waals surface area contributed by atoms with Gasteiger partial charge in [-0.25, -0.2) is 4.79 Å². The molecule has 18 heavy (non-hydrogen) atoms. The molecular weight excluding hydrogens is 236 g/mol. The van der Waals surface area contributed by atoms with Crippen LogP contribution < -0.4 is 0 Å². The monoisotopic (exact) mass is 244 g/mol. The first kappa shape index (κ1) is 10.4. The van der Waals surface area contributed by atoms with E-state index in [-0.39, 0.29) is 11.5 Å². The molecule has 0 spiro atoms. The SMILES string of the molecule is O=C(O)c1cc(-c2c[nH]c3ccc(O)cc23)no1. The molecular formula is C12H8N2O4. The predicted molar refractivity (Wildman–Crippen MR) is 62.4 cm³/mol. The van der Waals surface area contributed by atoms with Crippen LogP contribution in [0.5, 0.6) is 5.75 Å². The van der Waals surface area contributed by atoms with Gasteiger partial charge in [0.2, 0.25) is 5.76 Å². The maximum Gasteiger partial charge on any atom is 0.374 e. The van der Waals surface area contributed by atoms with E-state index in [1.807, 2.05) is 0 Å². The first-order valence-electron chi connectivity index (χ1n) is 5.15. The molecule has 3 aromatic rings. The molecule has 0 saturated heterocycles. The highest BCUT2D eigenvalue weighted by atomic mass is 16.5. The van der Waals surface area contributed by atoms with Gasteiger partial charge in [-0.2, -0.15) is 0 Å². The molecule has 1 aromatic carbocycles. The Kier molecular flexibility index (Phi) is 2.09. The van der Waals surface area contributed by atoms with Crippen LogP contribution >= 0.6 is 0 Å². The van der Waals surface area contributed by atoms with Gasteiger partial charge in [0.25, 0.3) is 0 Å². The minimum Gasteiger partial charge on any atom is -0.508 e. The minimum atomic E-state index is -1.17. The molecule has 2 heterocycles. The largest absolute Gasteiger partial charge is 0.508 e. The number of carbonyl (C=O) groups is 1. The van der Waals surface area contributed by atoms with Gasteiger partial charge in [0.1, 0.15) is 11.4 Å². The zero-order valence-corrected chi connectivity index (χ0v) is 9.04. The molecule has 0 fully saturated rings. The fourth-order valence-corrected chi connectivity index (χ4v) is 1.82. The fraction of sp³-hybridized carbons (Fsp3) is 0. The van der Waals surface area contributed by atoms with E-state index in [2.05, 4.69) is 10.1 Å². The number of nitrogens with zero attached hydrogens (tertiary/aromatic N) is 1. The van der Waals surface area contributed by atoms with Gasteiger partial charge >= 0.3 is 5.97 Å². The molecule has 0 saturated carbocycles. The van der Waals surface area contributed by atoms with Crippen molar-refractivity contribution >= 4 is 16.9 Å². The Labute approximate surface area is 100 Å². The average molecular weight is 244 g/mol. The van der Waals surface area contributed by atoms with Crippen molar-refractivity contribution < 1.29 is 19.5 Å². The van der Waals surface area contributed by atoms with E-state index in [9.17, 15) is 9.90 Å². The second-order valence-electron chi connectivity index (χ2n) is 3.81. The van der Waals surface area contributed by atoms with Crippen LogP contribution in [0.3, 0.4) is 0 Å². The maximum atomic E-state index is 10.7. The Bertz CT molecular complexity index is 741. The molecule has 0 amide bonds. The van der Waals surface area contributed by atoms with Gasteiger partial charge < -0.3 is 19.7 Å². The van der Waals surface area contributed by atoms with E-state index in [1.165, 1.54) is 6.07 Å². The molecule has 0 bridgehead atoms. The van der Waals surface area contributed by atoms with Crippen molar-refractivity contribution in [1.29, 1.82) is 0 Å². The molecule has 2 aromatic heterocycles. The summed E-state index contributed by atoms with van der Waals surface area (Å²) in [6, 6.07) is 6.21. The lowest BCUT2D eigenvalue weighted by Gasteiger charge is -1.94. The van der Waals surface area contributed by atoms with Crippen molar-refractivity contribution in [2.75, 3.05) is 0 Å². The molecule has 0 aliphatic rings. The summed E-state index contributed by atoms with van der Waals surface area (Å²) < 4.78 is 4.70. The molecule has 0 radical (unpaired) electrons. The number of phenolic OH excluding ortho intramolecular Hbond substituents is 1. The first-order chi connectivity index (χ1) is 8.65. The highest BCUT2D eigenvalue weighted by molar-refractivity contribution is 5.96. The lowest BCUT2D eigenvalue weighted by atomic mass is 10.1. The molecule has 6 nitrogen and oxygen atoms in total. The van der Waals surface area contributed by atoms with Gasteiger partial charge in [-0.15, -0.1) is 0 Å². The number of phenols is 1. The van der Waals surface area contributed by atoms with Crippen LogP contribution in [0, 0.1) is 0 Å². The Hall–Kier alpha value is -2.76. The molecule has 0 aliphatic carbocycles. The van der Waals surface area contributed by atoms with E-state index >= 15 is 0 Å². The van der Waals surface area contributed by atoms with Crippen LogP contribution in [-0.2, 0) is 0 Å². The number of H-pyrrole nitrogens is 1. The molecule has 3 N–H and O–H groups in total. The second-order valence-corrected chi connectivity index (χ2v) is 3.81. The third kappa shape index (κ3) is 1.51. The summed E-state index contributed by atoms with van der Waals surface area (Å²) in [5, 5.41) is 22.7. The number of aromatic nitrogens is 2. The van der Waals surface area contributed by atoms with Gasteiger partial charge in [0.05, 0.1) is 0 Å². The van der Waals surface area contributed by atoms with Crippen LogP contribution in [-0.4, -0.2) is 26.3 Å². The zero-order chi connectivity index (χ0) is 12.7.